The zero-order valence-corrected chi connectivity index (χ0v) is 10.5. The molecule has 3 unspecified atom stereocenters. The van der Waals surface area contributed by atoms with Crippen LogP contribution in [0.2, 0.25) is 0 Å². The van der Waals surface area contributed by atoms with Crippen molar-refractivity contribution >= 4 is 5.97 Å². The Morgan fingerprint density at radius 1 is 1.38 bits per heavy atom. The second kappa shape index (κ2) is 6.89. The Kier molecular flexibility index (Phi) is 5.81. The maximum absolute atomic E-state index is 10.5. The fourth-order valence-electron chi connectivity index (χ4n) is 2.53. The van der Waals surface area contributed by atoms with Gasteiger partial charge in [-0.1, -0.05) is 26.2 Å². The summed E-state index contributed by atoms with van der Waals surface area (Å²) in [5, 5.41) is 12.2. The molecule has 0 heterocycles. The summed E-state index contributed by atoms with van der Waals surface area (Å²) in [4.78, 5) is 10.5. The van der Waals surface area contributed by atoms with Crippen LogP contribution in [0, 0.1) is 5.92 Å². The van der Waals surface area contributed by atoms with Gasteiger partial charge in [0.15, 0.2) is 0 Å². The predicted octanol–water partition coefficient (Wildman–Crippen LogP) is 2.80. The molecule has 0 saturated heterocycles. The average Bonchev–Trinajstić information content (AvgIpc) is 2.42. The van der Waals surface area contributed by atoms with Gasteiger partial charge in [0.25, 0.3) is 0 Å². The van der Waals surface area contributed by atoms with Crippen LogP contribution in [0.15, 0.2) is 0 Å². The number of aliphatic carboxylic acids is 1. The first-order valence-electron chi connectivity index (χ1n) is 6.57. The number of hydrogen-bond donors (Lipinski definition) is 2. The van der Waals surface area contributed by atoms with Crippen LogP contribution in [0.1, 0.15) is 58.8 Å². The van der Waals surface area contributed by atoms with Crippen LogP contribution in [-0.2, 0) is 4.79 Å². The number of nitrogens with one attached hydrogen (secondary N) is 1. The highest BCUT2D eigenvalue weighted by Crippen LogP contribution is 2.23. The van der Waals surface area contributed by atoms with E-state index in [1.54, 1.807) is 0 Å². The molecule has 2 N–H and O–H groups in total. The van der Waals surface area contributed by atoms with Crippen LogP contribution in [-0.4, -0.2) is 23.2 Å². The highest BCUT2D eigenvalue weighted by Gasteiger charge is 2.21. The number of carbonyl (C=O) groups is 1. The molecule has 0 aliphatic heterocycles. The van der Waals surface area contributed by atoms with Crippen LogP contribution in [0.25, 0.3) is 0 Å². The topological polar surface area (TPSA) is 49.3 Å². The van der Waals surface area contributed by atoms with Crippen LogP contribution >= 0.6 is 0 Å². The number of hydrogen-bond acceptors (Lipinski definition) is 2. The summed E-state index contributed by atoms with van der Waals surface area (Å²) in [5.41, 5.74) is 0. The Morgan fingerprint density at radius 2 is 2.06 bits per heavy atom. The maximum Gasteiger partial charge on any atom is 0.303 e. The van der Waals surface area contributed by atoms with Gasteiger partial charge in [-0.25, -0.2) is 0 Å². The summed E-state index contributed by atoms with van der Waals surface area (Å²) in [5.74, 6) is 0.0392. The van der Waals surface area contributed by atoms with Gasteiger partial charge in [0.1, 0.15) is 0 Å². The van der Waals surface area contributed by atoms with Crippen molar-refractivity contribution in [2.45, 2.75) is 70.9 Å². The lowest BCUT2D eigenvalue weighted by molar-refractivity contribution is -0.137. The molecule has 94 valence electrons. The highest BCUT2D eigenvalue weighted by molar-refractivity contribution is 5.66. The fraction of sp³-hybridized carbons (Fsp3) is 0.923. The van der Waals surface area contributed by atoms with E-state index >= 15 is 0 Å². The van der Waals surface area contributed by atoms with E-state index in [1.165, 1.54) is 32.1 Å². The van der Waals surface area contributed by atoms with E-state index in [1.807, 2.05) is 0 Å². The molecule has 0 radical (unpaired) electrons. The summed E-state index contributed by atoms with van der Waals surface area (Å²) >= 11 is 0. The zero-order chi connectivity index (χ0) is 12.0. The third-order valence-electron chi connectivity index (χ3n) is 3.65. The SMILES string of the molecule is CC(CCC(=O)O)NC1CCCCCC1C. The lowest BCUT2D eigenvalue weighted by Gasteiger charge is -2.26. The molecule has 0 spiro atoms. The van der Waals surface area contributed by atoms with Gasteiger partial charge in [-0.2, -0.15) is 0 Å². The van der Waals surface area contributed by atoms with E-state index in [9.17, 15) is 4.79 Å². The summed E-state index contributed by atoms with van der Waals surface area (Å²) in [6, 6.07) is 0.910. The summed E-state index contributed by atoms with van der Waals surface area (Å²) in [6.45, 7) is 4.41. The van der Waals surface area contributed by atoms with Gasteiger partial charge in [-0.15, -0.1) is 0 Å². The third kappa shape index (κ3) is 4.97. The van der Waals surface area contributed by atoms with E-state index < -0.39 is 5.97 Å². The standard InChI is InChI=1S/C13H25NO2/c1-10-6-4-3-5-7-12(10)14-11(2)8-9-13(15)16/h10-12,14H,3-9H2,1-2H3,(H,15,16). The molecule has 3 heteroatoms. The van der Waals surface area contributed by atoms with Crippen molar-refractivity contribution in [2.75, 3.05) is 0 Å². The van der Waals surface area contributed by atoms with Crippen molar-refractivity contribution < 1.29 is 9.90 Å². The van der Waals surface area contributed by atoms with Crippen molar-refractivity contribution in [1.82, 2.24) is 5.32 Å². The van der Waals surface area contributed by atoms with Gasteiger partial charge in [0.05, 0.1) is 0 Å². The van der Waals surface area contributed by atoms with Gasteiger partial charge in [-0.05, 0) is 32.1 Å². The lowest BCUT2D eigenvalue weighted by atomic mass is 9.96. The smallest absolute Gasteiger partial charge is 0.303 e. The van der Waals surface area contributed by atoms with E-state index in [0.717, 1.165) is 12.3 Å². The molecule has 1 aliphatic carbocycles. The molecule has 1 saturated carbocycles. The van der Waals surface area contributed by atoms with Crippen LogP contribution in [0.5, 0.6) is 0 Å². The molecule has 0 bridgehead atoms. The Bertz CT molecular complexity index is 218. The molecule has 0 amide bonds. The minimum Gasteiger partial charge on any atom is -0.481 e. The van der Waals surface area contributed by atoms with Crippen LogP contribution < -0.4 is 5.32 Å². The first kappa shape index (κ1) is 13.5. The molecule has 1 aliphatic rings. The molecule has 3 atom stereocenters. The first-order chi connectivity index (χ1) is 7.59. The molecular weight excluding hydrogens is 202 g/mol. The second-order valence-electron chi connectivity index (χ2n) is 5.22. The minimum absolute atomic E-state index is 0.273. The minimum atomic E-state index is -0.692. The molecule has 0 aromatic rings. The van der Waals surface area contributed by atoms with Crippen molar-refractivity contribution in [2.24, 2.45) is 5.92 Å². The predicted molar refractivity (Wildman–Crippen MR) is 65.5 cm³/mol. The molecule has 0 aromatic carbocycles. The van der Waals surface area contributed by atoms with Crippen molar-refractivity contribution in [1.29, 1.82) is 0 Å². The monoisotopic (exact) mass is 227 g/mol. The number of carboxylic acid groups (broad SMARTS) is 1. The summed E-state index contributed by atoms with van der Waals surface area (Å²) in [7, 11) is 0. The van der Waals surface area contributed by atoms with Gasteiger partial charge in [-0.3, -0.25) is 4.79 Å². The number of carboxylic acids is 1. The normalized spacial score (nSPS) is 28.4. The Labute approximate surface area is 98.6 Å². The quantitative estimate of drug-likeness (QED) is 0.710. The van der Waals surface area contributed by atoms with E-state index in [4.69, 9.17) is 5.11 Å². The van der Waals surface area contributed by atoms with E-state index in [2.05, 4.69) is 19.2 Å². The zero-order valence-electron chi connectivity index (χ0n) is 10.5. The van der Waals surface area contributed by atoms with Gasteiger partial charge < -0.3 is 10.4 Å². The van der Waals surface area contributed by atoms with Gasteiger partial charge >= 0.3 is 5.97 Å². The van der Waals surface area contributed by atoms with Crippen molar-refractivity contribution in [3.05, 3.63) is 0 Å². The highest BCUT2D eigenvalue weighted by atomic mass is 16.4. The van der Waals surface area contributed by atoms with Crippen LogP contribution in [0.4, 0.5) is 0 Å². The molecule has 0 aromatic heterocycles. The van der Waals surface area contributed by atoms with E-state index in [0.29, 0.717) is 12.1 Å². The number of rotatable bonds is 5. The Morgan fingerprint density at radius 3 is 2.75 bits per heavy atom. The average molecular weight is 227 g/mol. The molecule has 3 nitrogen and oxygen atoms in total. The third-order valence-corrected chi connectivity index (χ3v) is 3.65. The molecule has 1 fully saturated rings. The molecule has 1 rings (SSSR count). The molecule has 16 heavy (non-hydrogen) atoms. The van der Waals surface area contributed by atoms with Crippen molar-refractivity contribution in [3.63, 3.8) is 0 Å². The summed E-state index contributed by atoms with van der Waals surface area (Å²) in [6.07, 6.45) is 7.58. The lowest BCUT2D eigenvalue weighted by Crippen LogP contribution is -2.40. The fourth-order valence-corrected chi connectivity index (χ4v) is 2.53. The summed E-state index contributed by atoms with van der Waals surface area (Å²) < 4.78 is 0. The Balaban J connectivity index is 2.30. The van der Waals surface area contributed by atoms with Gasteiger partial charge in [0.2, 0.25) is 0 Å². The largest absolute Gasteiger partial charge is 0.481 e. The van der Waals surface area contributed by atoms with Crippen molar-refractivity contribution in [3.8, 4) is 0 Å². The maximum atomic E-state index is 10.5. The Hall–Kier alpha value is -0.570. The second-order valence-corrected chi connectivity index (χ2v) is 5.22. The van der Waals surface area contributed by atoms with Gasteiger partial charge in [0, 0.05) is 18.5 Å². The van der Waals surface area contributed by atoms with E-state index in [-0.39, 0.29) is 6.42 Å². The molecular formula is C13H25NO2. The van der Waals surface area contributed by atoms with Crippen LogP contribution in [0.3, 0.4) is 0 Å². The first-order valence-corrected chi connectivity index (χ1v) is 6.57.